The van der Waals surface area contributed by atoms with E-state index in [1.807, 2.05) is 30.3 Å². The average molecular weight is 420 g/mol. The van der Waals surface area contributed by atoms with Crippen LogP contribution in [0, 0.1) is 3.57 Å². The van der Waals surface area contributed by atoms with Gasteiger partial charge in [0.1, 0.15) is 0 Å². The van der Waals surface area contributed by atoms with E-state index in [2.05, 4.69) is 27.9 Å². The van der Waals surface area contributed by atoms with E-state index in [1.54, 1.807) is 12.1 Å². The van der Waals surface area contributed by atoms with Gasteiger partial charge in [-0.1, -0.05) is 23.7 Å². The SMILES string of the molecule is O=C(Nc1ccc(CCCl)cc1)c1cc(Cl)ccc1I. The quantitative estimate of drug-likeness (QED) is 0.549. The summed E-state index contributed by atoms with van der Waals surface area (Å²) in [5.41, 5.74) is 2.47. The number of anilines is 1. The molecule has 20 heavy (non-hydrogen) atoms. The molecule has 2 aromatic rings. The molecule has 2 rings (SSSR count). The molecular formula is C15H12Cl2INO. The largest absolute Gasteiger partial charge is 0.322 e. The Kier molecular flexibility index (Phi) is 5.69. The van der Waals surface area contributed by atoms with Crippen LogP contribution in [0.4, 0.5) is 5.69 Å². The van der Waals surface area contributed by atoms with Gasteiger partial charge in [0.25, 0.3) is 5.91 Å². The number of rotatable bonds is 4. The first-order chi connectivity index (χ1) is 9.60. The number of hydrogen-bond acceptors (Lipinski definition) is 1. The molecule has 0 bridgehead atoms. The molecule has 1 amide bonds. The molecule has 1 N–H and O–H groups in total. The van der Waals surface area contributed by atoms with Gasteiger partial charge in [0, 0.05) is 20.2 Å². The molecule has 0 fully saturated rings. The highest BCUT2D eigenvalue weighted by atomic mass is 127. The van der Waals surface area contributed by atoms with E-state index >= 15 is 0 Å². The zero-order valence-electron chi connectivity index (χ0n) is 10.5. The maximum atomic E-state index is 12.2. The second kappa shape index (κ2) is 7.29. The van der Waals surface area contributed by atoms with Gasteiger partial charge >= 0.3 is 0 Å². The highest BCUT2D eigenvalue weighted by Gasteiger charge is 2.10. The van der Waals surface area contributed by atoms with E-state index in [9.17, 15) is 4.79 Å². The standard InChI is InChI=1S/C15H12Cl2INO/c16-8-7-10-1-4-12(5-2-10)19-15(20)13-9-11(17)3-6-14(13)18/h1-6,9H,7-8H2,(H,19,20). The van der Waals surface area contributed by atoms with Gasteiger partial charge in [-0.05, 0) is 64.9 Å². The first-order valence-electron chi connectivity index (χ1n) is 6.01. The van der Waals surface area contributed by atoms with Crippen molar-refractivity contribution in [3.63, 3.8) is 0 Å². The Morgan fingerprint density at radius 1 is 1.15 bits per heavy atom. The molecule has 2 nitrogen and oxygen atoms in total. The van der Waals surface area contributed by atoms with E-state index < -0.39 is 0 Å². The summed E-state index contributed by atoms with van der Waals surface area (Å²) in [7, 11) is 0. The Labute approximate surface area is 141 Å². The second-order valence-electron chi connectivity index (χ2n) is 4.21. The molecular weight excluding hydrogens is 408 g/mol. The van der Waals surface area contributed by atoms with Crippen molar-refractivity contribution >= 4 is 57.4 Å². The van der Waals surface area contributed by atoms with Crippen LogP contribution in [0.3, 0.4) is 0 Å². The number of aryl methyl sites for hydroxylation is 1. The Hall–Kier alpha value is -0.780. The van der Waals surface area contributed by atoms with Gasteiger partial charge in [0.2, 0.25) is 0 Å². The van der Waals surface area contributed by atoms with Crippen molar-refractivity contribution in [1.29, 1.82) is 0 Å². The molecule has 0 aliphatic rings. The molecule has 0 heterocycles. The zero-order chi connectivity index (χ0) is 14.5. The van der Waals surface area contributed by atoms with Crippen molar-refractivity contribution in [2.75, 3.05) is 11.2 Å². The summed E-state index contributed by atoms with van der Waals surface area (Å²) >= 11 is 13.7. The first kappa shape index (κ1) is 15.6. The number of nitrogens with one attached hydrogen (secondary N) is 1. The number of carbonyl (C=O) groups is 1. The van der Waals surface area contributed by atoms with Crippen LogP contribution in [-0.4, -0.2) is 11.8 Å². The van der Waals surface area contributed by atoms with Crippen LogP contribution in [0.15, 0.2) is 42.5 Å². The fourth-order valence-electron chi connectivity index (χ4n) is 1.73. The van der Waals surface area contributed by atoms with Crippen molar-refractivity contribution in [1.82, 2.24) is 0 Å². The average Bonchev–Trinajstić information content (AvgIpc) is 2.44. The van der Waals surface area contributed by atoms with E-state index in [1.165, 1.54) is 0 Å². The summed E-state index contributed by atoms with van der Waals surface area (Å²) < 4.78 is 0.864. The van der Waals surface area contributed by atoms with Gasteiger partial charge in [0.15, 0.2) is 0 Å². The number of alkyl halides is 1. The minimum Gasteiger partial charge on any atom is -0.322 e. The number of carbonyl (C=O) groups excluding carboxylic acids is 1. The van der Waals surface area contributed by atoms with Crippen LogP contribution >= 0.6 is 45.8 Å². The number of benzene rings is 2. The predicted molar refractivity (Wildman–Crippen MR) is 93.0 cm³/mol. The van der Waals surface area contributed by atoms with Gasteiger partial charge in [0.05, 0.1) is 5.56 Å². The normalized spacial score (nSPS) is 10.3. The Morgan fingerprint density at radius 3 is 2.50 bits per heavy atom. The minimum atomic E-state index is -0.165. The topological polar surface area (TPSA) is 29.1 Å². The van der Waals surface area contributed by atoms with Crippen LogP contribution in [0.5, 0.6) is 0 Å². The molecule has 0 radical (unpaired) electrons. The first-order valence-corrected chi connectivity index (χ1v) is 8.00. The molecule has 0 atom stereocenters. The summed E-state index contributed by atoms with van der Waals surface area (Å²) in [6.45, 7) is 0. The van der Waals surface area contributed by atoms with Gasteiger partial charge < -0.3 is 5.32 Å². The van der Waals surface area contributed by atoms with Crippen LogP contribution < -0.4 is 5.32 Å². The summed E-state index contributed by atoms with van der Waals surface area (Å²) in [6, 6.07) is 12.9. The predicted octanol–water partition coefficient (Wildman–Crippen LogP) is 4.98. The number of amides is 1. The third kappa shape index (κ3) is 4.11. The van der Waals surface area contributed by atoms with Crippen molar-refractivity contribution in [2.45, 2.75) is 6.42 Å². The highest BCUT2D eigenvalue weighted by molar-refractivity contribution is 14.1. The van der Waals surface area contributed by atoms with Gasteiger partial charge in [-0.2, -0.15) is 0 Å². The molecule has 0 aliphatic heterocycles. The third-order valence-electron chi connectivity index (χ3n) is 2.77. The lowest BCUT2D eigenvalue weighted by Gasteiger charge is -2.08. The number of halogens is 3. The van der Waals surface area contributed by atoms with Crippen molar-refractivity contribution in [3.8, 4) is 0 Å². The molecule has 0 spiro atoms. The summed E-state index contributed by atoms with van der Waals surface area (Å²) in [5.74, 6) is 0.425. The monoisotopic (exact) mass is 419 g/mol. The van der Waals surface area contributed by atoms with E-state index in [0.717, 1.165) is 21.2 Å². The summed E-state index contributed by atoms with van der Waals surface area (Å²) in [4.78, 5) is 12.2. The number of hydrogen-bond donors (Lipinski definition) is 1. The van der Waals surface area contributed by atoms with E-state index in [0.29, 0.717) is 16.5 Å². The van der Waals surface area contributed by atoms with Crippen molar-refractivity contribution in [3.05, 3.63) is 62.2 Å². The summed E-state index contributed by atoms with van der Waals surface area (Å²) in [5, 5.41) is 3.41. The summed E-state index contributed by atoms with van der Waals surface area (Å²) in [6.07, 6.45) is 0.821. The van der Waals surface area contributed by atoms with Crippen LogP contribution in [0.25, 0.3) is 0 Å². The molecule has 0 saturated carbocycles. The van der Waals surface area contributed by atoms with E-state index in [-0.39, 0.29) is 5.91 Å². The lowest BCUT2D eigenvalue weighted by Crippen LogP contribution is -2.13. The third-order valence-corrected chi connectivity index (χ3v) is 4.13. The van der Waals surface area contributed by atoms with Gasteiger partial charge in [-0.3, -0.25) is 4.79 Å². The molecule has 0 aliphatic carbocycles. The maximum Gasteiger partial charge on any atom is 0.256 e. The molecule has 0 saturated heterocycles. The fourth-order valence-corrected chi connectivity index (χ4v) is 2.70. The zero-order valence-corrected chi connectivity index (χ0v) is 14.2. The second-order valence-corrected chi connectivity index (χ2v) is 6.19. The van der Waals surface area contributed by atoms with Crippen molar-refractivity contribution in [2.24, 2.45) is 0 Å². The van der Waals surface area contributed by atoms with Crippen LogP contribution in [0.2, 0.25) is 5.02 Å². The molecule has 104 valence electrons. The molecule has 0 aromatic heterocycles. The fraction of sp³-hybridized carbons (Fsp3) is 0.133. The van der Waals surface area contributed by atoms with Crippen LogP contribution in [0.1, 0.15) is 15.9 Å². The maximum absolute atomic E-state index is 12.2. The molecule has 2 aromatic carbocycles. The lowest BCUT2D eigenvalue weighted by molar-refractivity contribution is 0.102. The Morgan fingerprint density at radius 2 is 1.85 bits per heavy atom. The molecule has 5 heteroatoms. The smallest absolute Gasteiger partial charge is 0.256 e. The van der Waals surface area contributed by atoms with Crippen LogP contribution in [-0.2, 0) is 6.42 Å². The van der Waals surface area contributed by atoms with Crippen molar-refractivity contribution < 1.29 is 4.79 Å². The lowest BCUT2D eigenvalue weighted by atomic mass is 10.1. The van der Waals surface area contributed by atoms with Gasteiger partial charge in [-0.15, -0.1) is 11.6 Å². The van der Waals surface area contributed by atoms with Gasteiger partial charge in [-0.25, -0.2) is 0 Å². The Bertz CT molecular complexity index is 614. The minimum absolute atomic E-state index is 0.165. The van der Waals surface area contributed by atoms with E-state index in [4.69, 9.17) is 23.2 Å². The Balaban J connectivity index is 2.13. The highest BCUT2D eigenvalue weighted by Crippen LogP contribution is 2.19. The molecule has 0 unspecified atom stereocenters.